The Kier molecular flexibility index (Phi) is 4.14. The lowest BCUT2D eigenvalue weighted by Crippen LogP contribution is -2.09. The first-order valence-electron chi connectivity index (χ1n) is 8.74. The van der Waals surface area contributed by atoms with Gasteiger partial charge >= 0.3 is 0 Å². The average Bonchev–Trinajstić information content (AvgIpc) is 3.50. The Morgan fingerprint density at radius 1 is 1.27 bits per heavy atom. The lowest BCUT2D eigenvalue weighted by Gasteiger charge is -2.06. The molecule has 0 atom stereocenters. The fourth-order valence-corrected chi connectivity index (χ4v) is 3.90. The summed E-state index contributed by atoms with van der Waals surface area (Å²) in [7, 11) is 0. The smallest absolute Gasteiger partial charge is 0.210 e. The third kappa shape index (κ3) is 2.85. The topological polar surface area (TPSA) is 102 Å². The molecule has 0 aliphatic carbocycles. The van der Waals surface area contributed by atoms with Crippen LogP contribution >= 0.6 is 11.3 Å². The van der Waals surface area contributed by atoms with E-state index in [9.17, 15) is 13.6 Å². The number of carbonyl (C=O) groups excluding carboxylic acids is 1. The molecule has 5 rings (SSSR count). The summed E-state index contributed by atoms with van der Waals surface area (Å²) in [5.41, 5.74) is 6.30. The maximum atomic E-state index is 14.4. The first kappa shape index (κ1) is 18.1. The first-order valence-corrected chi connectivity index (χ1v) is 9.62. The number of nitrogens with zero attached hydrogens (tertiary/aromatic N) is 4. The molecule has 4 aromatic heterocycles. The van der Waals surface area contributed by atoms with Crippen molar-refractivity contribution in [1.29, 1.82) is 0 Å². The Morgan fingerprint density at radius 3 is 2.93 bits per heavy atom. The second-order valence-corrected chi connectivity index (χ2v) is 7.28. The second kappa shape index (κ2) is 6.85. The molecule has 0 saturated heterocycles. The van der Waals surface area contributed by atoms with E-state index in [2.05, 4.69) is 20.1 Å². The average molecular weight is 422 g/mol. The number of nitrogen functional groups attached to an aromatic ring is 1. The zero-order valence-electron chi connectivity index (χ0n) is 15.1. The van der Waals surface area contributed by atoms with Crippen molar-refractivity contribution in [3.05, 3.63) is 77.2 Å². The minimum atomic E-state index is -1.08. The number of rotatable bonds is 4. The number of H-pyrrole nitrogens is 1. The van der Waals surface area contributed by atoms with E-state index in [0.29, 0.717) is 27.4 Å². The molecule has 3 N–H and O–H groups in total. The Hall–Kier alpha value is -3.92. The lowest BCUT2D eigenvalue weighted by atomic mass is 10.0. The first-order chi connectivity index (χ1) is 14.5. The zero-order valence-corrected chi connectivity index (χ0v) is 16.0. The van der Waals surface area contributed by atoms with E-state index < -0.39 is 23.0 Å². The Morgan fingerprint density at radius 2 is 2.13 bits per heavy atom. The van der Waals surface area contributed by atoms with Crippen molar-refractivity contribution in [3.8, 4) is 16.4 Å². The van der Waals surface area contributed by atoms with E-state index >= 15 is 0 Å². The second-order valence-electron chi connectivity index (χ2n) is 6.44. The number of halogens is 2. The van der Waals surface area contributed by atoms with Crippen molar-refractivity contribution in [2.45, 2.75) is 0 Å². The molecule has 0 unspecified atom stereocenters. The lowest BCUT2D eigenvalue weighted by molar-refractivity contribution is 0.103. The van der Waals surface area contributed by atoms with Gasteiger partial charge in [-0.3, -0.25) is 4.79 Å². The summed E-state index contributed by atoms with van der Waals surface area (Å²) in [6.45, 7) is 0. The third-order valence-corrected chi connectivity index (χ3v) is 5.44. The molecule has 0 radical (unpaired) electrons. The molecule has 5 aromatic rings. The molecule has 1 aromatic carbocycles. The molecule has 0 spiro atoms. The van der Waals surface area contributed by atoms with Crippen LogP contribution in [0.1, 0.15) is 15.9 Å². The molecule has 0 bridgehead atoms. The van der Waals surface area contributed by atoms with Crippen LogP contribution in [-0.2, 0) is 0 Å². The molecule has 0 amide bonds. The number of hydrogen-bond acceptors (Lipinski definition) is 6. The predicted octanol–water partition coefficient (Wildman–Crippen LogP) is 3.96. The maximum absolute atomic E-state index is 14.4. The van der Waals surface area contributed by atoms with E-state index in [1.54, 1.807) is 35.4 Å². The maximum Gasteiger partial charge on any atom is 0.210 e. The summed E-state index contributed by atoms with van der Waals surface area (Å²) in [4.78, 5) is 24.6. The van der Waals surface area contributed by atoms with Crippen LogP contribution in [0, 0.1) is 11.6 Å². The van der Waals surface area contributed by atoms with Gasteiger partial charge in [-0.05, 0) is 24.3 Å². The van der Waals surface area contributed by atoms with Gasteiger partial charge in [0.25, 0.3) is 0 Å². The number of hydrogen-bond donors (Lipinski definition) is 2. The van der Waals surface area contributed by atoms with E-state index in [1.165, 1.54) is 17.5 Å². The Bertz CT molecular complexity index is 1410. The highest BCUT2D eigenvalue weighted by atomic mass is 32.1. The zero-order chi connectivity index (χ0) is 20.8. The van der Waals surface area contributed by atoms with Gasteiger partial charge in [0.05, 0.1) is 16.9 Å². The fraction of sp³-hybridized carbons (Fsp3) is 0. The van der Waals surface area contributed by atoms with E-state index in [-0.39, 0.29) is 11.3 Å². The van der Waals surface area contributed by atoms with Gasteiger partial charge in [-0.25, -0.2) is 23.4 Å². The molecular formula is C20H12F2N6OS. The summed E-state index contributed by atoms with van der Waals surface area (Å²) in [5.74, 6) is -2.88. The number of benzene rings is 1. The Balaban J connectivity index is 1.59. The van der Waals surface area contributed by atoms with Gasteiger partial charge in [0, 0.05) is 46.7 Å². The molecular weight excluding hydrogens is 410 g/mol. The molecule has 7 nitrogen and oxygen atoms in total. The number of nitrogens with one attached hydrogen (secondary N) is 1. The van der Waals surface area contributed by atoms with Crippen molar-refractivity contribution in [2.75, 3.05) is 5.73 Å². The molecule has 10 heteroatoms. The largest absolute Gasteiger partial charge is 0.396 e. The van der Waals surface area contributed by atoms with Crippen LogP contribution in [0.4, 0.5) is 14.5 Å². The number of ketones is 1. The van der Waals surface area contributed by atoms with E-state index in [0.717, 1.165) is 12.1 Å². The highest BCUT2D eigenvalue weighted by Gasteiger charge is 2.24. The number of nitrogens with two attached hydrogens (primary N) is 1. The van der Waals surface area contributed by atoms with Gasteiger partial charge < -0.3 is 10.7 Å². The summed E-state index contributed by atoms with van der Waals surface area (Å²) < 4.78 is 30.2. The standard InChI is InChI=1S/C20H12F2N6OS/c21-13-2-3-14(23)17(22)16(13)18(29)12-8-25-19-11(12)6-10(7-24-19)15-9-30-20(27-15)28-5-1-4-26-28/h1-9H,23H2,(H,24,25). The predicted molar refractivity (Wildman–Crippen MR) is 109 cm³/mol. The van der Waals surface area contributed by atoms with Gasteiger partial charge in [0.1, 0.15) is 11.5 Å². The van der Waals surface area contributed by atoms with Crippen molar-refractivity contribution in [3.63, 3.8) is 0 Å². The van der Waals surface area contributed by atoms with Crippen LogP contribution in [0.25, 0.3) is 27.4 Å². The number of carbonyl (C=O) groups is 1. The molecule has 0 saturated carbocycles. The molecule has 4 heterocycles. The van der Waals surface area contributed by atoms with Crippen LogP contribution < -0.4 is 5.73 Å². The Labute approximate surface area is 171 Å². The highest BCUT2D eigenvalue weighted by Crippen LogP contribution is 2.29. The van der Waals surface area contributed by atoms with Crippen LogP contribution in [-0.4, -0.2) is 30.5 Å². The fourth-order valence-electron chi connectivity index (χ4n) is 3.13. The van der Waals surface area contributed by atoms with E-state index in [1.807, 2.05) is 5.38 Å². The number of thiazole rings is 1. The summed E-state index contributed by atoms with van der Waals surface area (Å²) >= 11 is 1.40. The monoisotopic (exact) mass is 422 g/mol. The number of anilines is 1. The van der Waals surface area contributed by atoms with Gasteiger partial charge in [-0.1, -0.05) is 0 Å². The number of aromatic amines is 1. The molecule has 148 valence electrons. The van der Waals surface area contributed by atoms with Crippen LogP contribution in [0.3, 0.4) is 0 Å². The number of fused-ring (bicyclic) bond motifs is 1. The minimum Gasteiger partial charge on any atom is -0.396 e. The van der Waals surface area contributed by atoms with Crippen molar-refractivity contribution < 1.29 is 13.6 Å². The SMILES string of the molecule is Nc1ccc(F)c(C(=O)c2c[nH]c3ncc(-c4csc(-n5cccn5)n4)cc23)c1F. The summed E-state index contributed by atoms with van der Waals surface area (Å²) in [5, 5.41) is 7.08. The molecule has 0 aliphatic heterocycles. The van der Waals surface area contributed by atoms with Crippen molar-refractivity contribution in [2.24, 2.45) is 0 Å². The normalized spacial score (nSPS) is 11.3. The quantitative estimate of drug-likeness (QED) is 0.337. The molecule has 0 fully saturated rings. The van der Waals surface area contributed by atoms with Crippen LogP contribution in [0.5, 0.6) is 0 Å². The van der Waals surface area contributed by atoms with E-state index in [4.69, 9.17) is 5.73 Å². The van der Waals surface area contributed by atoms with Crippen LogP contribution in [0.15, 0.2) is 54.4 Å². The van der Waals surface area contributed by atoms with Gasteiger partial charge in [0.15, 0.2) is 5.82 Å². The highest BCUT2D eigenvalue weighted by molar-refractivity contribution is 7.12. The van der Waals surface area contributed by atoms with Gasteiger partial charge in [-0.2, -0.15) is 5.10 Å². The number of aromatic nitrogens is 5. The van der Waals surface area contributed by atoms with Crippen LogP contribution in [0.2, 0.25) is 0 Å². The number of pyridine rings is 1. The van der Waals surface area contributed by atoms with Crippen molar-refractivity contribution >= 4 is 33.8 Å². The third-order valence-electron chi connectivity index (χ3n) is 4.61. The summed E-state index contributed by atoms with van der Waals surface area (Å²) in [6.07, 6.45) is 6.42. The molecule has 0 aliphatic rings. The van der Waals surface area contributed by atoms with Gasteiger partial charge in [0.2, 0.25) is 10.9 Å². The van der Waals surface area contributed by atoms with Crippen molar-refractivity contribution in [1.82, 2.24) is 24.7 Å². The summed E-state index contributed by atoms with van der Waals surface area (Å²) in [6, 6.07) is 5.54. The van der Waals surface area contributed by atoms with Gasteiger partial charge in [-0.15, -0.1) is 11.3 Å². The minimum absolute atomic E-state index is 0.0882. The molecule has 30 heavy (non-hydrogen) atoms.